The van der Waals surface area contributed by atoms with E-state index in [-0.39, 0.29) is 12.7 Å². The Morgan fingerprint density at radius 3 is 2.63 bits per heavy atom. The van der Waals surface area contributed by atoms with Gasteiger partial charge in [-0.25, -0.2) is 0 Å². The van der Waals surface area contributed by atoms with Gasteiger partial charge >= 0.3 is 0 Å². The lowest BCUT2D eigenvalue weighted by atomic mass is 10.2. The van der Waals surface area contributed by atoms with Crippen molar-refractivity contribution in [1.82, 2.24) is 10.9 Å². The van der Waals surface area contributed by atoms with Crippen LogP contribution in [0.25, 0.3) is 0 Å². The molecule has 7 heteroatoms. The monoisotopic (exact) mass is 434 g/mol. The molecule has 27 heavy (non-hydrogen) atoms. The number of hydrazine groups is 1. The largest absolute Gasteiger partial charge is 0.491 e. The molecule has 2 aromatic carbocycles. The van der Waals surface area contributed by atoms with Crippen LogP contribution in [0.15, 0.2) is 46.9 Å². The summed E-state index contributed by atoms with van der Waals surface area (Å²) in [7, 11) is 0. The quantitative estimate of drug-likeness (QED) is 0.650. The second-order valence-electron chi connectivity index (χ2n) is 6.09. The Bertz CT molecular complexity index is 810. The lowest BCUT2D eigenvalue weighted by Crippen LogP contribution is -2.43. The number of nitrogens with one attached hydrogen (secondary N) is 2. The van der Waals surface area contributed by atoms with E-state index in [0.717, 1.165) is 16.5 Å². The predicted octanol–water partition coefficient (Wildman–Crippen LogP) is 3.77. The van der Waals surface area contributed by atoms with Gasteiger partial charge in [0.15, 0.2) is 6.61 Å². The molecule has 1 atom stereocenters. The minimum absolute atomic E-state index is 0.0567. The zero-order valence-corrected chi connectivity index (χ0v) is 17.1. The van der Waals surface area contributed by atoms with Gasteiger partial charge in [0.1, 0.15) is 11.5 Å². The number of carbonyl (C=O) groups is 2. The van der Waals surface area contributed by atoms with Crippen molar-refractivity contribution in [3.05, 3.63) is 58.1 Å². The van der Waals surface area contributed by atoms with E-state index in [9.17, 15) is 9.59 Å². The Labute approximate surface area is 167 Å². The molecule has 0 aliphatic heterocycles. The lowest BCUT2D eigenvalue weighted by molar-refractivity contribution is -0.123. The molecule has 0 fully saturated rings. The van der Waals surface area contributed by atoms with E-state index >= 15 is 0 Å². The number of benzene rings is 2. The summed E-state index contributed by atoms with van der Waals surface area (Å²) in [4.78, 5) is 24.1. The zero-order chi connectivity index (χ0) is 19.8. The van der Waals surface area contributed by atoms with Gasteiger partial charge in [0.25, 0.3) is 11.8 Å². The molecule has 0 saturated heterocycles. The minimum atomic E-state index is -0.470. The Morgan fingerprint density at radius 1 is 1.15 bits per heavy atom. The summed E-state index contributed by atoms with van der Waals surface area (Å²) in [5, 5.41) is 0. The second kappa shape index (κ2) is 9.97. The van der Waals surface area contributed by atoms with Crippen molar-refractivity contribution in [3.8, 4) is 11.5 Å². The van der Waals surface area contributed by atoms with Gasteiger partial charge < -0.3 is 9.47 Å². The molecule has 0 spiro atoms. The highest BCUT2D eigenvalue weighted by molar-refractivity contribution is 9.10. The van der Waals surface area contributed by atoms with Crippen LogP contribution in [0.4, 0.5) is 0 Å². The zero-order valence-electron chi connectivity index (χ0n) is 15.5. The first kappa shape index (κ1) is 20.8. The van der Waals surface area contributed by atoms with Gasteiger partial charge in [0.2, 0.25) is 0 Å². The van der Waals surface area contributed by atoms with Crippen molar-refractivity contribution in [2.45, 2.75) is 33.3 Å². The van der Waals surface area contributed by atoms with E-state index in [4.69, 9.17) is 9.47 Å². The van der Waals surface area contributed by atoms with Crippen molar-refractivity contribution < 1.29 is 19.1 Å². The van der Waals surface area contributed by atoms with Crippen LogP contribution in [0.1, 0.15) is 36.2 Å². The maximum absolute atomic E-state index is 12.2. The fraction of sp³-hybridized carbons (Fsp3) is 0.300. The van der Waals surface area contributed by atoms with Gasteiger partial charge in [-0.05, 0) is 72.1 Å². The number of hydrogen-bond donors (Lipinski definition) is 2. The highest BCUT2D eigenvalue weighted by Gasteiger charge is 2.10. The molecular formula is C20H23BrN2O4. The van der Waals surface area contributed by atoms with E-state index in [1.807, 2.05) is 32.9 Å². The van der Waals surface area contributed by atoms with Crippen LogP contribution >= 0.6 is 15.9 Å². The number of ether oxygens (including phenoxy) is 2. The lowest BCUT2D eigenvalue weighted by Gasteiger charge is -2.13. The number of rotatable bonds is 7. The normalized spacial score (nSPS) is 11.4. The van der Waals surface area contributed by atoms with Gasteiger partial charge in [-0.1, -0.05) is 19.1 Å². The Balaban J connectivity index is 1.84. The number of aryl methyl sites for hydroxylation is 1. The molecule has 0 bridgehead atoms. The fourth-order valence-corrected chi connectivity index (χ4v) is 2.73. The fourth-order valence-electron chi connectivity index (χ4n) is 2.13. The molecule has 0 aromatic heterocycles. The molecule has 0 aliphatic carbocycles. The molecule has 2 amide bonds. The topological polar surface area (TPSA) is 76.7 Å². The van der Waals surface area contributed by atoms with Crippen LogP contribution in [-0.2, 0) is 4.79 Å². The third-order valence-corrected chi connectivity index (χ3v) is 4.39. The molecule has 2 aromatic rings. The van der Waals surface area contributed by atoms with Crippen LogP contribution in [0.2, 0.25) is 0 Å². The van der Waals surface area contributed by atoms with Gasteiger partial charge in [0, 0.05) is 5.56 Å². The van der Waals surface area contributed by atoms with E-state index in [1.54, 1.807) is 30.3 Å². The van der Waals surface area contributed by atoms with E-state index in [1.165, 1.54) is 0 Å². The van der Waals surface area contributed by atoms with E-state index < -0.39 is 11.8 Å². The van der Waals surface area contributed by atoms with Crippen LogP contribution in [-0.4, -0.2) is 24.5 Å². The Morgan fingerprint density at radius 2 is 1.93 bits per heavy atom. The third kappa shape index (κ3) is 6.60. The van der Waals surface area contributed by atoms with Crippen molar-refractivity contribution in [1.29, 1.82) is 0 Å². The summed E-state index contributed by atoms with van der Waals surface area (Å²) >= 11 is 3.38. The highest BCUT2D eigenvalue weighted by Crippen LogP contribution is 2.25. The highest BCUT2D eigenvalue weighted by atomic mass is 79.9. The summed E-state index contributed by atoms with van der Waals surface area (Å²) in [5.41, 5.74) is 6.16. The van der Waals surface area contributed by atoms with Crippen LogP contribution in [0.3, 0.4) is 0 Å². The minimum Gasteiger partial charge on any atom is -0.491 e. The summed E-state index contributed by atoms with van der Waals surface area (Å²) < 4.78 is 11.9. The smallest absolute Gasteiger partial charge is 0.276 e. The van der Waals surface area contributed by atoms with Crippen molar-refractivity contribution >= 4 is 27.7 Å². The molecule has 0 saturated carbocycles. The van der Waals surface area contributed by atoms with Gasteiger partial charge in [0.05, 0.1) is 10.6 Å². The number of carbonyl (C=O) groups excluding carboxylic acids is 2. The molecule has 6 nitrogen and oxygen atoms in total. The predicted molar refractivity (Wildman–Crippen MR) is 107 cm³/mol. The molecule has 2 rings (SSSR count). The second-order valence-corrected chi connectivity index (χ2v) is 6.94. The van der Waals surface area contributed by atoms with Gasteiger partial charge in [-0.2, -0.15) is 0 Å². The van der Waals surface area contributed by atoms with E-state index in [0.29, 0.717) is 17.1 Å². The molecular weight excluding hydrogens is 412 g/mol. The summed E-state index contributed by atoms with van der Waals surface area (Å²) in [5.74, 6) is 0.255. The number of hydrogen-bond acceptors (Lipinski definition) is 4. The Kier molecular flexibility index (Phi) is 7.67. The molecule has 144 valence electrons. The maximum atomic E-state index is 12.2. The van der Waals surface area contributed by atoms with Crippen molar-refractivity contribution in [3.63, 3.8) is 0 Å². The Hall–Kier alpha value is -2.54. The molecule has 0 aliphatic rings. The first-order valence-electron chi connectivity index (χ1n) is 8.64. The van der Waals surface area contributed by atoms with Crippen LogP contribution < -0.4 is 20.3 Å². The number of amides is 2. The van der Waals surface area contributed by atoms with E-state index in [2.05, 4.69) is 26.8 Å². The molecule has 0 heterocycles. The first-order valence-corrected chi connectivity index (χ1v) is 9.43. The van der Waals surface area contributed by atoms with Crippen LogP contribution in [0, 0.1) is 6.92 Å². The SMILES string of the molecule is CCC(C)Oc1cccc(C(=O)NNC(=O)COc2ccc(C)cc2Br)c1. The first-order chi connectivity index (χ1) is 12.9. The summed E-state index contributed by atoms with van der Waals surface area (Å²) in [6, 6.07) is 12.3. The van der Waals surface area contributed by atoms with Crippen molar-refractivity contribution in [2.75, 3.05) is 6.61 Å². The molecule has 2 N–H and O–H groups in total. The van der Waals surface area contributed by atoms with Gasteiger partial charge in [-0.3, -0.25) is 20.4 Å². The average Bonchev–Trinajstić information content (AvgIpc) is 2.65. The van der Waals surface area contributed by atoms with Gasteiger partial charge in [-0.15, -0.1) is 0 Å². The number of halogens is 1. The standard InChI is InChI=1S/C20H23BrN2O4/c1-4-14(3)27-16-7-5-6-15(11-16)20(25)23-22-19(24)12-26-18-9-8-13(2)10-17(18)21/h5-11,14H,4,12H2,1-3H3,(H,22,24)(H,23,25). The summed E-state index contributed by atoms with van der Waals surface area (Å²) in [6.07, 6.45) is 0.921. The maximum Gasteiger partial charge on any atom is 0.276 e. The van der Waals surface area contributed by atoms with Crippen LogP contribution in [0.5, 0.6) is 11.5 Å². The molecule has 1 unspecified atom stereocenters. The molecule has 0 radical (unpaired) electrons. The summed E-state index contributed by atoms with van der Waals surface area (Å²) in [6.45, 7) is 5.71. The average molecular weight is 435 g/mol. The third-order valence-electron chi connectivity index (χ3n) is 3.77. The van der Waals surface area contributed by atoms with Crippen molar-refractivity contribution in [2.24, 2.45) is 0 Å².